The van der Waals surface area contributed by atoms with Gasteiger partial charge in [0.15, 0.2) is 0 Å². The second-order valence-corrected chi connectivity index (χ2v) is 2.64. The molecule has 0 fully saturated rings. The zero-order valence-electron chi connectivity index (χ0n) is 7.38. The Kier molecular flexibility index (Phi) is 3.37. The first-order valence-corrected chi connectivity index (χ1v) is 4.00. The summed E-state index contributed by atoms with van der Waals surface area (Å²) in [5.41, 5.74) is 1.34. The summed E-state index contributed by atoms with van der Waals surface area (Å²) < 4.78 is 11.7. The van der Waals surface area contributed by atoms with E-state index in [9.17, 15) is 9.18 Å². The van der Waals surface area contributed by atoms with E-state index in [0.29, 0.717) is 5.56 Å². The first kappa shape index (κ1) is 9.64. The van der Waals surface area contributed by atoms with Gasteiger partial charge in [-0.05, 0) is 18.6 Å². The third kappa shape index (κ3) is 2.50. The van der Waals surface area contributed by atoms with Crippen molar-refractivity contribution in [3.8, 4) is 0 Å². The first-order chi connectivity index (χ1) is 6.25. The van der Waals surface area contributed by atoms with E-state index in [4.69, 9.17) is 0 Å². The third-order valence-corrected chi connectivity index (χ3v) is 1.66. The highest BCUT2D eigenvalue weighted by atomic mass is 19.1. The van der Waals surface area contributed by atoms with Crippen molar-refractivity contribution >= 4 is 5.91 Å². The van der Waals surface area contributed by atoms with Crippen LogP contribution in [0, 0.1) is 6.92 Å². The maximum absolute atomic E-state index is 11.7. The van der Waals surface area contributed by atoms with Crippen LogP contribution in [0.5, 0.6) is 0 Å². The maximum atomic E-state index is 11.7. The third-order valence-electron chi connectivity index (χ3n) is 1.66. The molecule has 0 atom stereocenters. The monoisotopic (exact) mass is 182 g/mol. The topological polar surface area (TPSA) is 42.0 Å². The summed E-state index contributed by atoms with van der Waals surface area (Å²) in [6.07, 6.45) is 3.09. The Balaban J connectivity index is 2.71. The maximum Gasteiger partial charge on any atom is 0.253 e. The average molecular weight is 182 g/mol. The van der Waals surface area contributed by atoms with Crippen LogP contribution in [-0.2, 0) is 0 Å². The summed E-state index contributed by atoms with van der Waals surface area (Å²) in [7, 11) is 0. The van der Waals surface area contributed by atoms with Crippen molar-refractivity contribution in [2.45, 2.75) is 6.92 Å². The molecule has 1 heterocycles. The van der Waals surface area contributed by atoms with Gasteiger partial charge in [-0.15, -0.1) is 0 Å². The molecule has 1 aromatic heterocycles. The minimum Gasteiger partial charge on any atom is -0.349 e. The Morgan fingerprint density at radius 3 is 3.08 bits per heavy atom. The molecule has 13 heavy (non-hydrogen) atoms. The second-order valence-electron chi connectivity index (χ2n) is 2.64. The fourth-order valence-corrected chi connectivity index (χ4v) is 0.958. The van der Waals surface area contributed by atoms with Crippen molar-refractivity contribution in [2.75, 3.05) is 13.2 Å². The molecule has 0 unspecified atom stereocenters. The van der Waals surface area contributed by atoms with Crippen LogP contribution < -0.4 is 5.32 Å². The van der Waals surface area contributed by atoms with Crippen LogP contribution in [0.1, 0.15) is 15.9 Å². The number of carbonyl (C=O) groups excluding carboxylic acids is 1. The van der Waals surface area contributed by atoms with Gasteiger partial charge in [0.1, 0.15) is 6.67 Å². The Morgan fingerprint density at radius 1 is 1.69 bits per heavy atom. The van der Waals surface area contributed by atoms with Crippen molar-refractivity contribution in [3.63, 3.8) is 0 Å². The SMILES string of the molecule is Cc1ccncc1C(=O)NCCF. The van der Waals surface area contributed by atoms with Crippen molar-refractivity contribution in [2.24, 2.45) is 0 Å². The second kappa shape index (κ2) is 4.54. The number of rotatable bonds is 3. The van der Waals surface area contributed by atoms with E-state index in [0.717, 1.165) is 5.56 Å². The van der Waals surface area contributed by atoms with E-state index < -0.39 is 6.67 Å². The number of pyridine rings is 1. The Hall–Kier alpha value is -1.45. The van der Waals surface area contributed by atoms with E-state index in [-0.39, 0.29) is 12.5 Å². The number of hydrogen-bond acceptors (Lipinski definition) is 2. The van der Waals surface area contributed by atoms with Gasteiger partial charge < -0.3 is 5.32 Å². The molecule has 1 rings (SSSR count). The molecule has 0 aromatic carbocycles. The van der Waals surface area contributed by atoms with E-state index in [1.54, 1.807) is 12.3 Å². The summed E-state index contributed by atoms with van der Waals surface area (Å²) in [6, 6.07) is 1.74. The van der Waals surface area contributed by atoms with Crippen LogP contribution in [0.25, 0.3) is 0 Å². The van der Waals surface area contributed by atoms with Gasteiger partial charge in [0, 0.05) is 18.9 Å². The lowest BCUT2D eigenvalue weighted by Gasteiger charge is -2.04. The minimum absolute atomic E-state index is 0.0488. The van der Waals surface area contributed by atoms with E-state index >= 15 is 0 Å². The molecule has 0 radical (unpaired) electrons. The van der Waals surface area contributed by atoms with Crippen molar-refractivity contribution < 1.29 is 9.18 Å². The predicted octanol–water partition coefficient (Wildman–Crippen LogP) is 1.09. The van der Waals surface area contributed by atoms with Gasteiger partial charge in [0.05, 0.1) is 5.56 Å². The lowest BCUT2D eigenvalue weighted by Crippen LogP contribution is -2.26. The van der Waals surface area contributed by atoms with E-state index in [1.165, 1.54) is 6.20 Å². The fourth-order valence-electron chi connectivity index (χ4n) is 0.958. The standard InChI is InChI=1S/C9H11FN2O/c1-7-2-4-11-6-8(7)9(13)12-5-3-10/h2,4,6H,3,5H2,1H3,(H,12,13). The number of hydrogen-bond donors (Lipinski definition) is 1. The molecule has 0 spiro atoms. The van der Waals surface area contributed by atoms with Crippen LogP contribution in [-0.4, -0.2) is 24.1 Å². The minimum atomic E-state index is -0.551. The molecule has 1 amide bonds. The number of amides is 1. The lowest BCUT2D eigenvalue weighted by molar-refractivity contribution is 0.0950. The molecule has 4 heteroatoms. The average Bonchev–Trinajstić information content (AvgIpc) is 2.15. The number of alkyl halides is 1. The summed E-state index contributed by atoms with van der Waals surface area (Å²) in [6.45, 7) is 1.31. The smallest absolute Gasteiger partial charge is 0.253 e. The Morgan fingerprint density at radius 2 is 2.46 bits per heavy atom. The van der Waals surface area contributed by atoms with Crippen LogP contribution >= 0.6 is 0 Å². The zero-order valence-corrected chi connectivity index (χ0v) is 7.38. The summed E-state index contributed by atoms with van der Waals surface area (Å²) in [5.74, 6) is -0.275. The molecule has 0 saturated heterocycles. The Bertz CT molecular complexity index is 301. The van der Waals surface area contributed by atoms with Gasteiger partial charge in [0.25, 0.3) is 5.91 Å². The number of carbonyl (C=O) groups is 1. The predicted molar refractivity (Wildman–Crippen MR) is 47.3 cm³/mol. The highest BCUT2D eigenvalue weighted by molar-refractivity contribution is 5.95. The normalized spacial score (nSPS) is 9.69. The molecule has 0 aliphatic heterocycles. The lowest BCUT2D eigenvalue weighted by atomic mass is 10.1. The molecule has 0 bridgehead atoms. The number of aromatic nitrogens is 1. The van der Waals surface area contributed by atoms with Crippen molar-refractivity contribution in [3.05, 3.63) is 29.6 Å². The number of aryl methyl sites for hydroxylation is 1. The largest absolute Gasteiger partial charge is 0.349 e. The van der Waals surface area contributed by atoms with Crippen molar-refractivity contribution in [1.82, 2.24) is 10.3 Å². The summed E-state index contributed by atoms with van der Waals surface area (Å²) in [4.78, 5) is 15.1. The molecule has 1 aromatic rings. The van der Waals surface area contributed by atoms with Gasteiger partial charge in [0.2, 0.25) is 0 Å². The zero-order chi connectivity index (χ0) is 9.68. The Labute approximate surface area is 76.0 Å². The number of nitrogens with one attached hydrogen (secondary N) is 1. The van der Waals surface area contributed by atoms with Gasteiger partial charge in [-0.1, -0.05) is 0 Å². The molecule has 0 saturated carbocycles. The van der Waals surface area contributed by atoms with Gasteiger partial charge in [-0.25, -0.2) is 4.39 Å². The van der Waals surface area contributed by atoms with Gasteiger partial charge >= 0.3 is 0 Å². The molecule has 0 aliphatic rings. The van der Waals surface area contributed by atoms with E-state index in [2.05, 4.69) is 10.3 Å². The molecular formula is C9H11FN2O. The highest BCUT2D eigenvalue weighted by Gasteiger charge is 2.06. The highest BCUT2D eigenvalue weighted by Crippen LogP contribution is 2.03. The number of nitrogens with zero attached hydrogens (tertiary/aromatic N) is 1. The number of halogens is 1. The molecule has 1 N–H and O–H groups in total. The van der Waals surface area contributed by atoms with Crippen LogP contribution in [0.3, 0.4) is 0 Å². The van der Waals surface area contributed by atoms with Gasteiger partial charge in [-0.3, -0.25) is 9.78 Å². The summed E-state index contributed by atoms with van der Waals surface area (Å²) in [5, 5.41) is 2.44. The van der Waals surface area contributed by atoms with Gasteiger partial charge in [-0.2, -0.15) is 0 Å². The molecule has 0 aliphatic carbocycles. The summed E-state index contributed by atoms with van der Waals surface area (Å²) >= 11 is 0. The molecule has 70 valence electrons. The van der Waals surface area contributed by atoms with Crippen LogP contribution in [0.2, 0.25) is 0 Å². The fraction of sp³-hybridized carbons (Fsp3) is 0.333. The molecule has 3 nitrogen and oxygen atoms in total. The van der Waals surface area contributed by atoms with Crippen LogP contribution in [0.15, 0.2) is 18.5 Å². The van der Waals surface area contributed by atoms with Crippen molar-refractivity contribution in [1.29, 1.82) is 0 Å². The quantitative estimate of drug-likeness (QED) is 0.760. The van der Waals surface area contributed by atoms with E-state index in [1.807, 2.05) is 6.92 Å². The van der Waals surface area contributed by atoms with Crippen LogP contribution in [0.4, 0.5) is 4.39 Å². The first-order valence-electron chi connectivity index (χ1n) is 4.00. The molecular weight excluding hydrogens is 171 g/mol.